The number of fused-ring (bicyclic) bond motifs is 1. The number of nitrogens with zero attached hydrogens (tertiary/aromatic N) is 1. The lowest BCUT2D eigenvalue weighted by Crippen LogP contribution is -1.82. The van der Waals surface area contributed by atoms with Gasteiger partial charge >= 0.3 is 0 Å². The molecule has 1 aromatic heterocycles. The van der Waals surface area contributed by atoms with Crippen LogP contribution in [0.2, 0.25) is 0 Å². The van der Waals surface area contributed by atoms with Crippen molar-refractivity contribution in [3.63, 3.8) is 0 Å². The lowest BCUT2D eigenvalue weighted by Gasteiger charge is -2.01. The van der Waals surface area contributed by atoms with Gasteiger partial charge in [-0.05, 0) is 42.8 Å². The number of para-hydroxylation sites is 2. The maximum atomic E-state index is 9.37. The Morgan fingerprint density at radius 2 is 1.94 bits per heavy atom. The average Bonchev–Trinajstić information content (AvgIpc) is 2.72. The summed E-state index contributed by atoms with van der Waals surface area (Å²) in [7, 11) is 0. The van der Waals surface area contributed by atoms with Gasteiger partial charge in [-0.2, -0.15) is 0 Å². The molecule has 17 heavy (non-hydrogen) atoms. The van der Waals surface area contributed by atoms with Crippen molar-refractivity contribution in [1.82, 2.24) is 4.98 Å². The number of aromatic nitrogens is 1. The molecule has 0 unspecified atom stereocenters. The fraction of sp³-hybridized carbons (Fsp3) is 0.0714. The number of benzene rings is 2. The van der Waals surface area contributed by atoms with Crippen LogP contribution in [0.25, 0.3) is 22.6 Å². The molecular weight excluding hydrogens is 214 g/mol. The molecule has 0 spiro atoms. The van der Waals surface area contributed by atoms with Crippen molar-refractivity contribution in [1.29, 1.82) is 0 Å². The molecule has 0 aliphatic heterocycles. The first-order valence-electron chi connectivity index (χ1n) is 5.39. The van der Waals surface area contributed by atoms with Crippen molar-refractivity contribution in [2.24, 2.45) is 0 Å². The summed E-state index contributed by atoms with van der Waals surface area (Å²) >= 11 is 0. The topological polar surface area (TPSA) is 46.3 Å². The van der Waals surface area contributed by atoms with Crippen molar-refractivity contribution in [2.75, 3.05) is 0 Å². The number of aryl methyl sites for hydroxylation is 1. The largest absolute Gasteiger partial charge is 0.508 e. The third kappa shape index (κ3) is 1.65. The molecule has 0 fully saturated rings. The van der Waals surface area contributed by atoms with E-state index in [9.17, 15) is 5.11 Å². The van der Waals surface area contributed by atoms with E-state index in [1.165, 1.54) is 0 Å². The van der Waals surface area contributed by atoms with Gasteiger partial charge in [0.1, 0.15) is 11.3 Å². The van der Waals surface area contributed by atoms with E-state index < -0.39 is 0 Å². The van der Waals surface area contributed by atoms with E-state index in [0.29, 0.717) is 5.89 Å². The number of phenolic OH excluding ortho intramolecular Hbond substituents is 1. The Kier molecular flexibility index (Phi) is 2.11. The van der Waals surface area contributed by atoms with Gasteiger partial charge in [0.15, 0.2) is 5.58 Å². The van der Waals surface area contributed by atoms with Crippen LogP contribution < -0.4 is 0 Å². The van der Waals surface area contributed by atoms with Crippen molar-refractivity contribution in [3.8, 4) is 17.2 Å². The van der Waals surface area contributed by atoms with Crippen LogP contribution in [0.1, 0.15) is 5.56 Å². The zero-order valence-electron chi connectivity index (χ0n) is 9.34. The predicted molar refractivity (Wildman–Crippen MR) is 65.8 cm³/mol. The standard InChI is InChI=1S/C14H11NO2/c1-9-8-10(16)6-7-11(9)14-15-12-4-2-3-5-13(12)17-14/h2-8,16H,1H3. The van der Waals surface area contributed by atoms with Gasteiger partial charge in [0.2, 0.25) is 5.89 Å². The summed E-state index contributed by atoms with van der Waals surface area (Å²) in [6, 6.07) is 12.8. The smallest absolute Gasteiger partial charge is 0.227 e. The average molecular weight is 225 g/mol. The predicted octanol–water partition coefficient (Wildman–Crippen LogP) is 3.51. The van der Waals surface area contributed by atoms with Gasteiger partial charge in [-0.1, -0.05) is 12.1 Å². The minimum absolute atomic E-state index is 0.252. The van der Waals surface area contributed by atoms with Crippen LogP contribution in [0.4, 0.5) is 0 Å². The first kappa shape index (κ1) is 9.90. The molecule has 0 amide bonds. The summed E-state index contributed by atoms with van der Waals surface area (Å²) < 4.78 is 5.68. The monoisotopic (exact) mass is 225 g/mol. The van der Waals surface area contributed by atoms with Crippen LogP contribution in [0.5, 0.6) is 5.75 Å². The first-order chi connectivity index (χ1) is 8.24. The Labute approximate surface area is 98.3 Å². The second-order valence-corrected chi connectivity index (χ2v) is 3.99. The zero-order chi connectivity index (χ0) is 11.8. The number of phenols is 1. The Balaban J connectivity index is 2.20. The Morgan fingerprint density at radius 3 is 2.71 bits per heavy atom. The molecule has 3 nitrogen and oxygen atoms in total. The summed E-state index contributed by atoms with van der Waals surface area (Å²) in [4.78, 5) is 4.43. The maximum absolute atomic E-state index is 9.37. The van der Waals surface area contributed by atoms with E-state index in [0.717, 1.165) is 22.2 Å². The molecule has 0 saturated heterocycles. The lowest BCUT2D eigenvalue weighted by atomic mass is 10.1. The van der Waals surface area contributed by atoms with Gasteiger partial charge in [-0.15, -0.1) is 0 Å². The van der Waals surface area contributed by atoms with E-state index in [1.807, 2.05) is 37.3 Å². The minimum atomic E-state index is 0.252. The van der Waals surface area contributed by atoms with Gasteiger partial charge in [0.05, 0.1) is 0 Å². The molecule has 0 saturated carbocycles. The third-order valence-corrected chi connectivity index (χ3v) is 2.73. The van der Waals surface area contributed by atoms with Crippen molar-refractivity contribution in [2.45, 2.75) is 6.92 Å². The Bertz CT molecular complexity index is 653. The number of oxazole rings is 1. The van der Waals surface area contributed by atoms with Crippen LogP contribution in [-0.2, 0) is 0 Å². The van der Waals surface area contributed by atoms with Crippen LogP contribution in [0.15, 0.2) is 46.9 Å². The highest BCUT2D eigenvalue weighted by atomic mass is 16.3. The molecule has 0 radical (unpaired) electrons. The highest BCUT2D eigenvalue weighted by Crippen LogP contribution is 2.28. The highest BCUT2D eigenvalue weighted by Gasteiger charge is 2.10. The SMILES string of the molecule is Cc1cc(O)ccc1-c1nc2ccccc2o1. The fourth-order valence-corrected chi connectivity index (χ4v) is 1.88. The van der Waals surface area contributed by atoms with Gasteiger partial charge in [-0.3, -0.25) is 0 Å². The zero-order valence-corrected chi connectivity index (χ0v) is 9.34. The maximum Gasteiger partial charge on any atom is 0.227 e. The summed E-state index contributed by atoms with van der Waals surface area (Å²) in [5.74, 6) is 0.839. The van der Waals surface area contributed by atoms with Crippen LogP contribution in [0, 0.1) is 6.92 Å². The Hall–Kier alpha value is -2.29. The molecular formula is C14H11NO2. The summed E-state index contributed by atoms with van der Waals surface area (Å²) in [6.07, 6.45) is 0. The molecule has 3 heteroatoms. The van der Waals surface area contributed by atoms with Crippen LogP contribution >= 0.6 is 0 Å². The number of aromatic hydroxyl groups is 1. The highest BCUT2D eigenvalue weighted by molar-refractivity contribution is 5.76. The number of hydrogen-bond donors (Lipinski definition) is 1. The number of hydrogen-bond acceptors (Lipinski definition) is 3. The molecule has 1 heterocycles. The van der Waals surface area contributed by atoms with Crippen molar-refractivity contribution in [3.05, 3.63) is 48.0 Å². The molecule has 3 rings (SSSR count). The van der Waals surface area contributed by atoms with E-state index in [2.05, 4.69) is 4.98 Å². The molecule has 0 aliphatic rings. The van der Waals surface area contributed by atoms with Gasteiger partial charge in [0, 0.05) is 5.56 Å². The molecule has 2 aromatic carbocycles. The normalized spacial score (nSPS) is 10.9. The van der Waals surface area contributed by atoms with E-state index >= 15 is 0 Å². The molecule has 0 bridgehead atoms. The molecule has 3 aromatic rings. The summed E-state index contributed by atoms with van der Waals surface area (Å²) in [5.41, 5.74) is 3.46. The summed E-state index contributed by atoms with van der Waals surface area (Å²) in [5, 5.41) is 9.37. The van der Waals surface area contributed by atoms with E-state index in [4.69, 9.17) is 4.42 Å². The first-order valence-corrected chi connectivity index (χ1v) is 5.39. The van der Waals surface area contributed by atoms with E-state index in [-0.39, 0.29) is 5.75 Å². The third-order valence-electron chi connectivity index (χ3n) is 2.73. The van der Waals surface area contributed by atoms with Crippen molar-refractivity contribution < 1.29 is 9.52 Å². The fourth-order valence-electron chi connectivity index (χ4n) is 1.88. The molecule has 1 N–H and O–H groups in total. The van der Waals surface area contributed by atoms with Gasteiger partial charge in [-0.25, -0.2) is 4.98 Å². The quantitative estimate of drug-likeness (QED) is 0.689. The molecule has 0 atom stereocenters. The second-order valence-electron chi connectivity index (χ2n) is 3.99. The van der Waals surface area contributed by atoms with Gasteiger partial charge in [0.25, 0.3) is 0 Å². The summed E-state index contributed by atoms with van der Waals surface area (Å²) in [6.45, 7) is 1.92. The van der Waals surface area contributed by atoms with Crippen LogP contribution in [0.3, 0.4) is 0 Å². The van der Waals surface area contributed by atoms with Crippen LogP contribution in [-0.4, -0.2) is 10.1 Å². The van der Waals surface area contributed by atoms with E-state index in [1.54, 1.807) is 12.1 Å². The Morgan fingerprint density at radius 1 is 1.12 bits per heavy atom. The number of rotatable bonds is 1. The minimum Gasteiger partial charge on any atom is -0.508 e. The second kappa shape index (κ2) is 3.63. The molecule has 0 aliphatic carbocycles. The van der Waals surface area contributed by atoms with Crippen molar-refractivity contribution >= 4 is 11.1 Å². The lowest BCUT2D eigenvalue weighted by molar-refractivity contribution is 0.475. The van der Waals surface area contributed by atoms with Gasteiger partial charge < -0.3 is 9.52 Å². The molecule has 84 valence electrons.